The SMILES string of the molecule is CC(=O)C[C@H]1CCCN1C(C)C. The summed E-state index contributed by atoms with van der Waals surface area (Å²) in [6.07, 6.45) is 3.21. The molecule has 0 aromatic carbocycles. The molecule has 1 rings (SSSR count). The Morgan fingerprint density at radius 1 is 1.58 bits per heavy atom. The summed E-state index contributed by atoms with van der Waals surface area (Å²) in [6.45, 7) is 7.28. The fraction of sp³-hybridized carbons (Fsp3) is 0.900. The second-order valence-corrected chi connectivity index (χ2v) is 4.03. The largest absolute Gasteiger partial charge is 0.300 e. The van der Waals surface area contributed by atoms with Crippen LogP contribution in [0, 0.1) is 0 Å². The molecule has 0 saturated carbocycles. The van der Waals surface area contributed by atoms with E-state index >= 15 is 0 Å². The fourth-order valence-electron chi connectivity index (χ4n) is 2.09. The fourth-order valence-corrected chi connectivity index (χ4v) is 2.09. The highest BCUT2D eigenvalue weighted by Crippen LogP contribution is 2.22. The average molecular weight is 169 g/mol. The first kappa shape index (κ1) is 9.72. The van der Waals surface area contributed by atoms with Gasteiger partial charge >= 0.3 is 0 Å². The summed E-state index contributed by atoms with van der Waals surface area (Å²) in [5.41, 5.74) is 0. The van der Waals surface area contributed by atoms with E-state index in [2.05, 4.69) is 18.7 Å². The zero-order valence-electron chi connectivity index (χ0n) is 8.34. The molecule has 0 N–H and O–H groups in total. The van der Waals surface area contributed by atoms with Crippen LogP contribution in [0.15, 0.2) is 0 Å². The first-order valence-electron chi connectivity index (χ1n) is 4.86. The van der Waals surface area contributed by atoms with E-state index in [0.29, 0.717) is 17.9 Å². The molecule has 1 aliphatic heterocycles. The lowest BCUT2D eigenvalue weighted by molar-refractivity contribution is -0.118. The lowest BCUT2D eigenvalue weighted by Gasteiger charge is -2.27. The number of hydrogen-bond donors (Lipinski definition) is 0. The second kappa shape index (κ2) is 4.04. The summed E-state index contributed by atoms with van der Waals surface area (Å²) in [5, 5.41) is 0. The van der Waals surface area contributed by atoms with Crippen LogP contribution >= 0.6 is 0 Å². The minimum absolute atomic E-state index is 0.326. The van der Waals surface area contributed by atoms with Gasteiger partial charge in [0.15, 0.2) is 0 Å². The number of hydrogen-bond acceptors (Lipinski definition) is 2. The molecule has 1 saturated heterocycles. The molecule has 2 nitrogen and oxygen atoms in total. The zero-order valence-corrected chi connectivity index (χ0v) is 8.34. The number of Topliss-reactive ketones (excluding diaryl/α,β-unsaturated/α-hetero) is 1. The minimum atomic E-state index is 0.326. The molecule has 12 heavy (non-hydrogen) atoms. The number of ketones is 1. The van der Waals surface area contributed by atoms with Crippen molar-refractivity contribution in [3.05, 3.63) is 0 Å². The van der Waals surface area contributed by atoms with Gasteiger partial charge in [-0.3, -0.25) is 9.69 Å². The Morgan fingerprint density at radius 3 is 2.75 bits per heavy atom. The van der Waals surface area contributed by atoms with Crippen LogP contribution in [0.3, 0.4) is 0 Å². The van der Waals surface area contributed by atoms with Crippen molar-refractivity contribution < 1.29 is 4.79 Å². The average Bonchev–Trinajstić information content (AvgIpc) is 2.33. The molecule has 1 aliphatic rings. The molecule has 70 valence electrons. The van der Waals surface area contributed by atoms with E-state index in [1.165, 1.54) is 19.4 Å². The predicted molar refractivity (Wildman–Crippen MR) is 50.2 cm³/mol. The Balaban J connectivity index is 2.46. The highest BCUT2D eigenvalue weighted by Gasteiger charge is 2.26. The first-order chi connectivity index (χ1) is 5.61. The highest BCUT2D eigenvalue weighted by molar-refractivity contribution is 5.76. The molecule has 0 spiro atoms. The Morgan fingerprint density at radius 2 is 2.25 bits per heavy atom. The van der Waals surface area contributed by atoms with Crippen molar-refractivity contribution in [3.8, 4) is 0 Å². The summed E-state index contributed by atoms with van der Waals surface area (Å²) in [4.78, 5) is 13.4. The molecule has 0 unspecified atom stereocenters. The van der Waals surface area contributed by atoms with E-state index in [-0.39, 0.29) is 0 Å². The number of rotatable bonds is 3. The van der Waals surface area contributed by atoms with Gasteiger partial charge in [0.2, 0.25) is 0 Å². The van der Waals surface area contributed by atoms with Gasteiger partial charge in [-0.1, -0.05) is 0 Å². The molecule has 2 heteroatoms. The van der Waals surface area contributed by atoms with E-state index < -0.39 is 0 Å². The third-order valence-corrected chi connectivity index (χ3v) is 2.61. The van der Waals surface area contributed by atoms with E-state index in [1.807, 2.05) is 0 Å². The van der Waals surface area contributed by atoms with E-state index in [1.54, 1.807) is 6.92 Å². The van der Waals surface area contributed by atoms with Gasteiger partial charge < -0.3 is 0 Å². The van der Waals surface area contributed by atoms with Crippen molar-refractivity contribution in [2.24, 2.45) is 0 Å². The third kappa shape index (κ3) is 2.31. The van der Waals surface area contributed by atoms with Crippen molar-refractivity contribution >= 4 is 5.78 Å². The van der Waals surface area contributed by atoms with E-state index in [9.17, 15) is 4.79 Å². The molecule has 1 fully saturated rings. The Hall–Kier alpha value is -0.370. The molecule has 0 aromatic rings. The number of likely N-dealkylation sites (tertiary alicyclic amines) is 1. The maximum absolute atomic E-state index is 10.9. The summed E-state index contributed by atoms with van der Waals surface area (Å²) >= 11 is 0. The first-order valence-corrected chi connectivity index (χ1v) is 4.86. The van der Waals surface area contributed by atoms with Gasteiger partial charge in [-0.2, -0.15) is 0 Å². The van der Waals surface area contributed by atoms with Crippen LogP contribution in [0.25, 0.3) is 0 Å². The van der Waals surface area contributed by atoms with Crippen molar-refractivity contribution in [2.45, 2.75) is 52.1 Å². The van der Waals surface area contributed by atoms with Gasteiger partial charge in [0.05, 0.1) is 0 Å². The monoisotopic (exact) mass is 169 g/mol. The molecule has 1 heterocycles. The number of carbonyl (C=O) groups excluding carboxylic acids is 1. The Bertz CT molecular complexity index is 165. The summed E-state index contributed by atoms with van der Waals surface area (Å²) in [7, 11) is 0. The maximum Gasteiger partial charge on any atom is 0.131 e. The smallest absolute Gasteiger partial charge is 0.131 e. The normalized spacial score (nSPS) is 25.2. The third-order valence-electron chi connectivity index (χ3n) is 2.61. The summed E-state index contributed by atoms with van der Waals surface area (Å²) in [5.74, 6) is 0.326. The van der Waals surface area contributed by atoms with Gasteiger partial charge in [0, 0.05) is 18.5 Å². The molecule has 0 bridgehead atoms. The summed E-state index contributed by atoms with van der Waals surface area (Å²) < 4.78 is 0. The predicted octanol–water partition coefficient (Wildman–Crippen LogP) is 1.84. The van der Waals surface area contributed by atoms with Crippen LogP contribution in [0.4, 0.5) is 0 Å². The standard InChI is InChI=1S/C10H19NO/c1-8(2)11-6-4-5-10(11)7-9(3)12/h8,10H,4-7H2,1-3H3/t10-/m1/s1. The highest BCUT2D eigenvalue weighted by atomic mass is 16.1. The molecule has 0 amide bonds. The van der Waals surface area contributed by atoms with Crippen molar-refractivity contribution in [1.29, 1.82) is 0 Å². The molecule has 0 aromatic heterocycles. The van der Waals surface area contributed by atoms with E-state index in [0.717, 1.165) is 6.42 Å². The topological polar surface area (TPSA) is 20.3 Å². The molecular formula is C10H19NO. The molecule has 0 aliphatic carbocycles. The van der Waals surface area contributed by atoms with Crippen molar-refractivity contribution in [1.82, 2.24) is 4.90 Å². The van der Waals surface area contributed by atoms with Gasteiger partial charge in [-0.05, 0) is 40.2 Å². The lowest BCUT2D eigenvalue weighted by atomic mass is 10.1. The van der Waals surface area contributed by atoms with E-state index in [4.69, 9.17) is 0 Å². The lowest BCUT2D eigenvalue weighted by Crippen LogP contribution is -2.36. The van der Waals surface area contributed by atoms with Gasteiger partial charge in [0.25, 0.3) is 0 Å². The second-order valence-electron chi connectivity index (χ2n) is 4.03. The van der Waals surface area contributed by atoms with Crippen LogP contribution < -0.4 is 0 Å². The quantitative estimate of drug-likeness (QED) is 0.642. The van der Waals surface area contributed by atoms with Crippen molar-refractivity contribution in [2.75, 3.05) is 6.54 Å². The minimum Gasteiger partial charge on any atom is -0.300 e. The number of carbonyl (C=O) groups is 1. The van der Waals surface area contributed by atoms with Crippen LogP contribution in [0.2, 0.25) is 0 Å². The van der Waals surface area contributed by atoms with Crippen LogP contribution in [0.5, 0.6) is 0 Å². The molecular weight excluding hydrogens is 150 g/mol. The van der Waals surface area contributed by atoms with Gasteiger partial charge in [0.1, 0.15) is 5.78 Å². The van der Waals surface area contributed by atoms with Crippen LogP contribution in [-0.4, -0.2) is 29.3 Å². The molecule has 0 radical (unpaired) electrons. The van der Waals surface area contributed by atoms with Crippen LogP contribution in [-0.2, 0) is 4.79 Å². The van der Waals surface area contributed by atoms with Crippen LogP contribution in [0.1, 0.15) is 40.0 Å². The Kier molecular flexibility index (Phi) is 3.27. The summed E-state index contributed by atoms with van der Waals surface area (Å²) in [6, 6.07) is 1.12. The Labute approximate surface area is 74.9 Å². The maximum atomic E-state index is 10.9. The van der Waals surface area contributed by atoms with Gasteiger partial charge in [-0.25, -0.2) is 0 Å². The van der Waals surface area contributed by atoms with Gasteiger partial charge in [-0.15, -0.1) is 0 Å². The molecule has 1 atom stereocenters. The van der Waals surface area contributed by atoms with Crippen molar-refractivity contribution in [3.63, 3.8) is 0 Å². The zero-order chi connectivity index (χ0) is 9.14. The number of nitrogens with zero attached hydrogens (tertiary/aromatic N) is 1.